The number of aliphatic carboxylic acids is 1. The van der Waals surface area contributed by atoms with Crippen LogP contribution in [0.5, 0.6) is 0 Å². The Morgan fingerprint density at radius 2 is 2.12 bits per heavy atom. The molecule has 1 aliphatic rings. The zero-order valence-corrected chi connectivity index (χ0v) is 12.8. The van der Waals surface area contributed by atoms with Crippen molar-refractivity contribution in [2.75, 3.05) is 19.7 Å². The Bertz CT molecular complexity index is 834. The quantitative estimate of drug-likeness (QED) is 0.802. The van der Waals surface area contributed by atoms with Crippen molar-refractivity contribution < 1.29 is 19.4 Å². The highest BCUT2D eigenvalue weighted by molar-refractivity contribution is 5.78. The summed E-state index contributed by atoms with van der Waals surface area (Å²) in [4.78, 5) is 37.0. The molecule has 2 aromatic rings. The van der Waals surface area contributed by atoms with Gasteiger partial charge in [-0.25, -0.2) is 4.68 Å². The predicted molar refractivity (Wildman–Crippen MR) is 82.4 cm³/mol. The molecule has 1 fully saturated rings. The van der Waals surface area contributed by atoms with Gasteiger partial charge in [0.15, 0.2) is 0 Å². The number of nitrogens with zero attached hydrogens (tertiary/aromatic N) is 4. The number of carboxylic acids is 1. The van der Waals surface area contributed by atoms with Crippen molar-refractivity contribution in [1.82, 2.24) is 19.9 Å². The van der Waals surface area contributed by atoms with Gasteiger partial charge in [-0.05, 0) is 12.1 Å². The summed E-state index contributed by atoms with van der Waals surface area (Å²) >= 11 is 0. The van der Waals surface area contributed by atoms with Gasteiger partial charge in [0.1, 0.15) is 12.1 Å². The zero-order chi connectivity index (χ0) is 17.1. The van der Waals surface area contributed by atoms with Gasteiger partial charge in [0, 0.05) is 13.1 Å². The van der Waals surface area contributed by atoms with Crippen LogP contribution in [0.3, 0.4) is 0 Å². The van der Waals surface area contributed by atoms with Crippen LogP contribution in [0, 0.1) is 0 Å². The Labute approximate surface area is 136 Å². The lowest BCUT2D eigenvalue weighted by atomic mass is 10.2. The van der Waals surface area contributed by atoms with Gasteiger partial charge in [-0.3, -0.25) is 14.4 Å². The molecule has 1 saturated heterocycles. The van der Waals surface area contributed by atoms with E-state index in [0.29, 0.717) is 17.4 Å². The SMILES string of the molecule is O=C(O)C[C@@H]1CN(C(=O)Cn2nnc3ccccc3c2=O)CCO1. The molecule has 9 nitrogen and oxygen atoms in total. The van der Waals surface area contributed by atoms with Gasteiger partial charge >= 0.3 is 5.97 Å². The fourth-order valence-corrected chi connectivity index (χ4v) is 2.62. The minimum Gasteiger partial charge on any atom is -0.481 e. The molecule has 1 aliphatic heterocycles. The minimum atomic E-state index is -0.981. The molecular weight excluding hydrogens is 316 g/mol. The molecule has 126 valence electrons. The lowest BCUT2D eigenvalue weighted by molar-refractivity contribution is -0.148. The maximum Gasteiger partial charge on any atom is 0.306 e. The summed E-state index contributed by atoms with van der Waals surface area (Å²) in [6, 6.07) is 6.78. The molecule has 0 unspecified atom stereocenters. The predicted octanol–water partition coefficient (Wildman–Crippen LogP) is -0.506. The number of hydrogen-bond donors (Lipinski definition) is 1. The summed E-state index contributed by atoms with van der Waals surface area (Å²) in [6.07, 6.45) is -0.709. The van der Waals surface area contributed by atoms with Crippen LogP contribution >= 0.6 is 0 Å². The van der Waals surface area contributed by atoms with Crippen LogP contribution in [-0.2, 0) is 20.9 Å². The van der Waals surface area contributed by atoms with E-state index in [1.165, 1.54) is 4.90 Å². The standard InChI is InChI=1S/C15H16N4O5/c20-13(18-5-6-24-10(8-18)7-14(21)22)9-19-15(23)11-3-1-2-4-12(11)16-17-19/h1-4,10H,5-9H2,(H,21,22)/t10-/m1/s1. The Kier molecular flexibility index (Phi) is 4.52. The van der Waals surface area contributed by atoms with Gasteiger partial charge < -0.3 is 14.7 Å². The average molecular weight is 332 g/mol. The Hall–Kier alpha value is -2.81. The Balaban J connectivity index is 1.74. The highest BCUT2D eigenvalue weighted by Gasteiger charge is 2.26. The summed E-state index contributed by atoms with van der Waals surface area (Å²) in [5, 5.41) is 16.9. The van der Waals surface area contributed by atoms with Crippen LogP contribution in [0.1, 0.15) is 6.42 Å². The van der Waals surface area contributed by atoms with E-state index in [4.69, 9.17) is 9.84 Å². The fraction of sp³-hybridized carbons (Fsp3) is 0.400. The van der Waals surface area contributed by atoms with Crippen LogP contribution in [0.2, 0.25) is 0 Å². The highest BCUT2D eigenvalue weighted by atomic mass is 16.5. The van der Waals surface area contributed by atoms with Gasteiger partial charge in [0.05, 0.1) is 24.5 Å². The molecule has 0 radical (unpaired) electrons. The molecule has 0 bridgehead atoms. The second-order valence-corrected chi connectivity index (χ2v) is 5.50. The zero-order valence-electron chi connectivity index (χ0n) is 12.8. The molecule has 1 amide bonds. The monoisotopic (exact) mass is 332 g/mol. The summed E-state index contributed by atoms with van der Waals surface area (Å²) in [5.41, 5.74) is 0.0865. The molecule has 1 aromatic carbocycles. The number of carboxylic acid groups (broad SMARTS) is 1. The fourth-order valence-electron chi connectivity index (χ4n) is 2.62. The molecule has 0 aliphatic carbocycles. The molecule has 3 rings (SSSR count). The van der Waals surface area contributed by atoms with Crippen LogP contribution in [0.4, 0.5) is 0 Å². The van der Waals surface area contributed by atoms with Crippen LogP contribution in [0.15, 0.2) is 29.1 Å². The number of carbonyl (C=O) groups excluding carboxylic acids is 1. The van der Waals surface area contributed by atoms with Crippen molar-refractivity contribution in [3.63, 3.8) is 0 Å². The molecule has 2 heterocycles. The maximum atomic E-state index is 12.4. The van der Waals surface area contributed by atoms with E-state index in [2.05, 4.69) is 10.3 Å². The van der Waals surface area contributed by atoms with Crippen molar-refractivity contribution >= 4 is 22.8 Å². The molecule has 0 spiro atoms. The third kappa shape index (κ3) is 3.40. The van der Waals surface area contributed by atoms with Gasteiger partial charge in [0.2, 0.25) is 5.91 Å². The normalized spacial score (nSPS) is 17.8. The number of fused-ring (bicyclic) bond motifs is 1. The van der Waals surface area contributed by atoms with Crippen molar-refractivity contribution in [1.29, 1.82) is 0 Å². The van der Waals surface area contributed by atoms with E-state index in [1.54, 1.807) is 24.3 Å². The van der Waals surface area contributed by atoms with Gasteiger partial charge in [-0.2, -0.15) is 0 Å². The number of ether oxygens (including phenoxy) is 1. The van der Waals surface area contributed by atoms with Crippen molar-refractivity contribution in [3.8, 4) is 0 Å². The largest absolute Gasteiger partial charge is 0.481 e. The van der Waals surface area contributed by atoms with Gasteiger partial charge in [-0.15, -0.1) is 5.10 Å². The van der Waals surface area contributed by atoms with Gasteiger partial charge in [-0.1, -0.05) is 17.3 Å². The number of benzene rings is 1. The first kappa shape index (κ1) is 16.1. The molecule has 0 saturated carbocycles. The van der Waals surface area contributed by atoms with E-state index in [1.807, 2.05) is 0 Å². The topological polar surface area (TPSA) is 115 Å². The Morgan fingerprint density at radius 1 is 1.33 bits per heavy atom. The van der Waals surface area contributed by atoms with E-state index in [9.17, 15) is 14.4 Å². The molecular formula is C15H16N4O5. The highest BCUT2D eigenvalue weighted by Crippen LogP contribution is 2.10. The maximum absolute atomic E-state index is 12.4. The first-order chi connectivity index (χ1) is 11.5. The lowest BCUT2D eigenvalue weighted by Crippen LogP contribution is -2.48. The second-order valence-electron chi connectivity index (χ2n) is 5.50. The summed E-state index contributed by atoms with van der Waals surface area (Å²) in [6.45, 7) is 0.560. The first-order valence-corrected chi connectivity index (χ1v) is 7.48. The van der Waals surface area contributed by atoms with E-state index < -0.39 is 12.1 Å². The van der Waals surface area contributed by atoms with Crippen molar-refractivity contribution in [2.45, 2.75) is 19.1 Å². The molecule has 1 atom stereocenters. The third-order valence-corrected chi connectivity index (χ3v) is 3.81. The summed E-state index contributed by atoms with van der Waals surface area (Å²) < 4.78 is 6.35. The number of carbonyl (C=O) groups is 2. The molecule has 1 N–H and O–H groups in total. The first-order valence-electron chi connectivity index (χ1n) is 7.48. The van der Waals surface area contributed by atoms with E-state index in [-0.39, 0.29) is 37.6 Å². The van der Waals surface area contributed by atoms with Crippen LogP contribution in [-0.4, -0.2) is 62.7 Å². The number of hydrogen-bond acceptors (Lipinski definition) is 6. The number of rotatable bonds is 4. The second kappa shape index (κ2) is 6.75. The molecule has 1 aromatic heterocycles. The van der Waals surface area contributed by atoms with Gasteiger partial charge in [0.25, 0.3) is 5.56 Å². The Morgan fingerprint density at radius 3 is 2.92 bits per heavy atom. The average Bonchev–Trinajstić information content (AvgIpc) is 2.57. The number of morpholine rings is 1. The third-order valence-electron chi connectivity index (χ3n) is 3.81. The summed E-state index contributed by atoms with van der Waals surface area (Å²) in [5.74, 6) is -1.30. The minimum absolute atomic E-state index is 0.167. The van der Waals surface area contributed by atoms with Crippen molar-refractivity contribution in [3.05, 3.63) is 34.6 Å². The number of amides is 1. The molecule has 24 heavy (non-hydrogen) atoms. The van der Waals surface area contributed by atoms with E-state index in [0.717, 1.165) is 4.68 Å². The van der Waals surface area contributed by atoms with Crippen LogP contribution < -0.4 is 5.56 Å². The van der Waals surface area contributed by atoms with E-state index >= 15 is 0 Å². The smallest absolute Gasteiger partial charge is 0.306 e. The number of aromatic nitrogens is 3. The van der Waals surface area contributed by atoms with Crippen LogP contribution in [0.25, 0.3) is 10.9 Å². The summed E-state index contributed by atoms with van der Waals surface area (Å²) in [7, 11) is 0. The van der Waals surface area contributed by atoms with Crippen molar-refractivity contribution in [2.24, 2.45) is 0 Å². The molecule has 9 heteroatoms. The lowest BCUT2D eigenvalue weighted by Gasteiger charge is -2.32.